The number of piperidine rings is 1. The molecule has 0 spiro atoms. The number of phenols is 1. The molecule has 29 heavy (non-hydrogen) atoms. The minimum Gasteiger partial charge on any atom is -0.508 e. The Kier molecular flexibility index (Phi) is 9.01. The standard InChI is InChI=1S/C25H41NO3/c1-5-7-9-10-15-25(3,4)19-12-13-21(23(28)17-19)22-18-20(27)14-16-26(22)24(29)11-8-6-2/h12-13,17,20,22,27-28H,5-11,14-16,18H2,1-4H3/t20-,22+/m0/s1. The summed E-state index contributed by atoms with van der Waals surface area (Å²) in [5, 5.41) is 21.1. The van der Waals surface area contributed by atoms with Crippen LogP contribution in [0.1, 0.15) is 109 Å². The molecule has 4 nitrogen and oxygen atoms in total. The van der Waals surface area contributed by atoms with Crippen molar-refractivity contribution in [1.29, 1.82) is 0 Å². The fourth-order valence-corrected chi connectivity index (χ4v) is 4.40. The van der Waals surface area contributed by atoms with Gasteiger partial charge in [0, 0.05) is 18.5 Å². The fraction of sp³-hybridized carbons (Fsp3) is 0.720. The third kappa shape index (κ3) is 6.47. The molecule has 0 bridgehead atoms. The van der Waals surface area contributed by atoms with Crippen molar-refractivity contribution in [2.24, 2.45) is 0 Å². The summed E-state index contributed by atoms with van der Waals surface area (Å²) in [6.07, 6.45) is 9.11. The highest BCUT2D eigenvalue weighted by molar-refractivity contribution is 5.77. The third-order valence-corrected chi connectivity index (χ3v) is 6.47. The smallest absolute Gasteiger partial charge is 0.223 e. The zero-order chi connectivity index (χ0) is 21.4. The first-order valence-electron chi connectivity index (χ1n) is 11.6. The minimum absolute atomic E-state index is 0.00641. The number of benzene rings is 1. The van der Waals surface area contributed by atoms with Crippen molar-refractivity contribution in [2.75, 3.05) is 6.54 Å². The zero-order valence-electron chi connectivity index (χ0n) is 18.9. The van der Waals surface area contributed by atoms with Gasteiger partial charge in [-0.3, -0.25) is 4.79 Å². The summed E-state index contributed by atoms with van der Waals surface area (Å²) in [6, 6.07) is 5.71. The van der Waals surface area contributed by atoms with Gasteiger partial charge in [0.25, 0.3) is 0 Å². The second-order valence-electron chi connectivity index (χ2n) is 9.35. The van der Waals surface area contributed by atoms with Crippen LogP contribution >= 0.6 is 0 Å². The second-order valence-corrected chi connectivity index (χ2v) is 9.35. The molecule has 1 aromatic carbocycles. The number of amides is 1. The third-order valence-electron chi connectivity index (χ3n) is 6.47. The largest absolute Gasteiger partial charge is 0.508 e. The lowest BCUT2D eigenvalue weighted by Crippen LogP contribution is -2.42. The average Bonchev–Trinajstić information content (AvgIpc) is 2.69. The van der Waals surface area contributed by atoms with E-state index >= 15 is 0 Å². The number of hydrogen-bond acceptors (Lipinski definition) is 3. The molecule has 0 aromatic heterocycles. The number of unbranched alkanes of at least 4 members (excludes halogenated alkanes) is 4. The van der Waals surface area contributed by atoms with E-state index in [-0.39, 0.29) is 23.1 Å². The zero-order valence-corrected chi connectivity index (χ0v) is 18.9. The Hall–Kier alpha value is -1.55. The van der Waals surface area contributed by atoms with Gasteiger partial charge < -0.3 is 15.1 Å². The quantitative estimate of drug-likeness (QED) is 0.481. The Morgan fingerprint density at radius 3 is 2.52 bits per heavy atom. The Morgan fingerprint density at radius 2 is 1.86 bits per heavy atom. The molecule has 0 radical (unpaired) electrons. The number of likely N-dealkylation sites (tertiary alicyclic amines) is 1. The van der Waals surface area contributed by atoms with Gasteiger partial charge in [-0.05, 0) is 42.7 Å². The van der Waals surface area contributed by atoms with Crippen molar-refractivity contribution in [1.82, 2.24) is 4.90 Å². The topological polar surface area (TPSA) is 60.8 Å². The van der Waals surface area contributed by atoms with Crippen molar-refractivity contribution in [3.8, 4) is 5.75 Å². The van der Waals surface area contributed by atoms with Crippen LogP contribution in [0.5, 0.6) is 5.75 Å². The number of phenolic OH excluding ortho intramolecular Hbond substituents is 1. The van der Waals surface area contributed by atoms with E-state index in [1.807, 2.05) is 17.0 Å². The monoisotopic (exact) mass is 403 g/mol. The summed E-state index contributed by atoms with van der Waals surface area (Å²) < 4.78 is 0. The van der Waals surface area contributed by atoms with Crippen LogP contribution in [-0.4, -0.2) is 33.7 Å². The number of carbonyl (C=O) groups excluding carboxylic acids is 1. The number of carbonyl (C=O) groups is 1. The molecule has 4 heteroatoms. The van der Waals surface area contributed by atoms with Gasteiger partial charge >= 0.3 is 0 Å². The minimum atomic E-state index is -0.427. The first kappa shape index (κ1) is 23.7. The van der Waals surface area contributed by atoms with Crippen LogP contribution in [0.15, 0.2) is 18.2 Å². The Bertz CT molecular complexity index is 655. The van der Waals surface area contributed by atoms with Gasteiger partial charge in [-0.25, -0.2) is 0 Å². The molecule has 1 aliphatic rings. The summed E-state index contributed by atoms with van der Waals surface area (Å²) in [5.74, 6) is 0.375. The lowest BCUT2D eigenvalue weighted by atomic mass is 9.79. The van der Waals surface area contributed by atoms with Crippen LogP contribution in [0.3, 0.4) is 0 Å². The highest BCUT2D eigenvalue weighted by Gasteiger charge is 2.33. The Labute approximate surface area is 177 Å². The van der Waals surface area contributed by atoms with E-state index in [9.17, 15) is 15.0 Å². The van der Waals surface area contributed by atoms with Gasteiger partial charge in [0.2, 0.25) is 5.91 Å². The molecular weight excluding hydrogens is 362 g/mol. The Morgan fingerprint density at radius 1 is 1.14 bits per heavy atom. The molecule has 1 aromatic rings. The lowest BCUT2D eigenvalue weighted by molar-refractivity contribution is -0.137. The van der Waals surface area contributed by atoms with Crippen LogP contribution < -0.4 is 0 Å². The lowest BCUT2D eigenvalue weighted by Gasteiger charge is -2.39. The number of hydrogen-bond donors (Lipinski definition) is 2. The van der Waals surface area contributed by atoms with Gasteiger partial charge in [-0.15, -0.1) is 0 Å². The van der Waals surface area contributed by atoms with Gasteiger partial charge in [0.1, 0.15) is 5.75 Å². The molecule has 0 aliphatic carbocycles. The first-order valence-corrected chi connectivity index (χ1v) is 11.6. The van der Waals surface area contributed by atoms with Crippen LogP contribution in [0, 0.1) is 0 Å². The maximum absolute atomic E-state index is 12.7. The maximum Gasteiger partial charge on any atom is 0.223 e. The van der Waals surface area contributed by atoms with E-state index in [4.69, 9.17) is 0 Å². The van der Waals surface area contributed by atoms with Crippen molar-refractivity contribution < 1.29 is 15.0 Å². The van der Waals surface area contributed by atoms with Crippen LogP contribution in [0.4, 0.5) is 0 Å². The average molecular weight is 404 g/mol. The molecule has 2 atom stereocenters. The molecule has 1 heterocycles. The molecular formula is C25H41NO3. The van der Waals surface area contributed by atoms with Crippen LogP contribution in [0.2, 0.25) is 0 Å². The van der Waals surface area contributed by atoms with E-state index in [0.717, 1.165) is 30.4 Å². The van der Waals surface area contributed by atoms with Crippen molar-refractivity contribution >= 4 is 5.91 Å². The molecule has 1 aliphatic heterocycles. The van der Waals surface area contributed by atoms with E-state index in [1.165, 1.54) is 25.7 Å². The van der Waals surface area contributed by atoms with Crippen LogP contribution in [0.25, 0.3) is 0 Å². The molecule has 164 valence electrons. The molecule has 1 fully saturated rings. The van der Waals surface area contributed by atoms with E-state index < -0.39 is 6.10 Å². The molecule has 1 amide bonds. The molecule has 1 saturated heterocycles. The summed E-state index contributed by atoms with van der Waals surface area (Å²) in [6.45, 7) is 9.33. The van der Waals surface area contributed by atoms with Gasteiger partial charge in [-0.2, -0.15) is 0 Å². The van der Waals surface area contributed by atoms with Gasteiger partial charge in [0.15, 0.2) is 0 Å². The van der Waals surface area contributed by atoms with E-state index in [0.29, 0.717) is 25.8 Å². The first-order chi connectivity index (χ1) is 13.8. The molecule has 0 unspecified atom stereocenters. The number of aliphatic hydroxyl groups excluding tert-OH is 1. The summed E-state index contributed by atoms with van der Waals surface area (Å²) in [4.78, 5) is 14.6. The normalized spacial score (nSPS) is 20.1. The summed E-state index contributed by atoms with van der Waals surface area (Å²) >= 11 is 0. The number of aliphatic hydroxyl groups is 1. The highest BCUT2D eigenvalue weighted by Crippen LogP contribution is 2.39. The number of aromatic hydroxyl groups is 1. The van der Waals surface area contributed by atoms with Crippen LogP contribution in [-0.2, 0) is 10.2 Å². The van der Waals surface area contributed by atoms with Crippen molar-refractivity contribution in [2.45, 2.75) is 109 Å². The summed E-state index contributed by atoms with van der Waals surface area (Å²) in [5.41, 5.74) is 1.90. The second kappa shape index (κ2) is 11.0. The van der Waals surface area contributed by atoms with Crippen molar-refractivity contribution in [3.63, 3.8) is 0 Å². The predicted octanol–water partition coefficient (Wildman–Crippen LogP) is 5.85. The maximum atomic E-state index is 12.7. The molecule has 2 rings (SSSR count). The van der Waals surface area contributed by atoms with Crippen molar-refractivity contribution in [3.05, 3.63) is 29.3 Å². The fourth-order valence-electron chi connectivity index (χ4n) is 4.40. The van der Waals surface area contributed by atoms with E-state index in [1.54, 1.807) is 0 Å². The molecule has 0 saturated carbocycles. The summed E-state index contributed by atoms with van der Waals surface area (Å²) in [7, 11) is 0. The van der Waals surface area contributed by atoms with E-state index in [2.05, 4.69) is 33.8 Å². The Balaban J connectivity index is 2.18. The van der Waals surface area contributed by atoms with Gasteiger partial charge in [0.05, 0.1) is 12.1 Å². The van der Waals surface area contributed by atoms with Gasteiger partial charge in [-0.1, -0.05) is 71.9 Å². The highest BCUT2D eigenvalue weighted by atomic mass is 16.3. The SMILES string of the molecule is CCCCCCC(C)(C)c1ccc([C@H]2C[C@@H](O)CCN2C(=O)CCCC)c(O)c1. The number of nitrogens with zero attached hydrogens (tertiary/aromatic N) is 1. The molecule has 2 N–H and O–H groups in total. The number of rotatable bonds is 10. The predicted molar refractivity (Wildman–Crippen MR) is 119 cm³/mol.